The third-order valence-corrected chi connectivity index (χ3v) is 3.30. The summed E-state index contributed by atoms with van der Waals surface area (Å²) in [7, 11) is 1.64. The van der Waals surface area contributed by atoms with Crippen molar-refractivity contribution in [3.63, 3.8) is 0 Å². The first-order valence-corrected chi connectivity index (χ1v) is 6.66. The van der Waals surface area contributed by atoms with Crippen LogP contribution in [0.15, 0.2) is 65.7 Å². The van der Waals surface area contributed by atoms with E-state index in [9.17, 15) is 5.11 Å². The third-order valence-electron chi connectivity index (χ3n) is 3.30. The lowest BCUT2D eigenvalue weighted by Gasteiger charge is -2.03. The van der Waals surface area contributed by atoms with Gasteiger partial charge in [0.25, 0.3) is 0 Å². The molecule has 0 radical (unpaired) electrons. The molecule has 0 fully saturated rings. The number of benzene rings is 3. The van der Waals surface area contributed by atoms with Crippen LogP contribution in [0, 0.1) is 0 Å². The van der Waals surface area contributed by atoms with Gasteiger partial charge in [0.2, 0.25) is 0 Å². The van der Waals surface area contributed by atoms with Gasteiger partial charge in [-0.3, -0.25) is 4.99 Å². The highest BCUT2D eigenvalue weighted by Crippen LogP contribution is 2.24. The molecule has 3 nitrogen and oxygen atoms in total. The Labute approximate surface area is 123 Å². The molecule has 0 amide bonds. The quantitative estimate of drug-likeness (QED) is 0.725. The molecule has 1 N–H and O–H groups in total. The van der Waals surface area contributed by atoms with Crippen molar-refractivity contribution in [1.82, 2.24) is 0 Å². The first-order chi connectivity index (χ1) is 10.3. The topological polar surface area (TPSA) is 41.8 Å². The van der Waals surface area contributed by atoms with Gasteiger partial charge in [-0.2, -0.15) is 0 Å². The van der Waals surface area contributed by atoms with E-state index in [-0.39, 0.29) is 5.75 Å². The molecule has 0 aliphatic rings. The summed E-state index contributed by atoms with van der Waals surface area (Å²) in [6.07, 6.45) is 1.77. The van der Waals surface area contributed by atoms with Gasteiger partial charge >= 0.3 is 0 Å². The van der Waals surface area contributed by atoms with Crippen molar-refractivity contribution in [2.24, 2.45) is 4.99 Å². The SMILES string of the molecule is COc1ccc(N=Cc2cc(O)cc3ccccc23)cc1. The van der Waals surface area contributed by atoms with Crippen molar-refractivity contribution in [3.05, 3.63) is 66.2 Å². The molecular formula is C18H15NO2. The fourth-order valence-electron chi connectivity index (χ4n) is 2.24. The number of aromatic hydroxyl groups is 1. The van der Waals surface area contributed by atoms with Crippen LogP contribution in [0.25, 0.3) is 10.8 Å². The van der Waals surface area contributed by atoms with Crippen LogP contribution in [0.5, 0.6) is 11.5 Å². The van der Waals surface area contributed by atoms with Crippen LogP contribution in [0.1, 0.15) is 5.56 Å². The predicted molar refractivity (Wildman–Crippen MR) is 85.9 cm³/mol. The lowest BCUT2D eigenvalue weighted by molar-refractivity contribution is 0.415. The lowest BCUT2D eigenvalue weighted by atomic mass is 10.0. The molecule has 3 aromatic carbocycles. The van der Waals surface area contributed by atoms with Gasteiger partial charge in [0, 0.05) is 11.8 Å². The Balaban J connectivity index is 1.98. The molecule has 0 spiro atoms. The van der Waals surface area contributed by atoms with Crippen LogP contribution in [0.4, 0.5) is 5.69 Å². The van der Waals surface area contributed by atoms with Gasteiger partial charge in [0.15, 0.2) is 0 Å². The second kappa shape index (κ2) is 5.67. The molecule has 21 heavy (non-hydrogen) atoms. The van der Waals surface area contributed by atoms with Crippen molar-refractivity contribution in [2.45, 2.75) is 0 Å². The smallest absolute Gasteiger partial charge is 0.119 e. The van der Waals surface area contributed by atoms with E-state index in [0.29, 0.717) is 0 Å². The number of hydrogen-bond acceptors (Lipinski definition) is 3. The number of phenolic OH excluding ortho intramolecular Hbond substituents is 1. The number of aliphatic imine (C=N–C) groups is 1. The van der Waals surface area contributed by atoms with Crippen molar-refractivity contribution in [1.29, 1.82) is 0 Å². The first kappa shape index (κ1) is 13.2. The second-order valence-corrected chi connectivity index (χ2v) is 4.71. The normalized spacial score (nSPS) is 11.1. The zero-order chi connectivity index (χ0) is 14.7. The maximum absolute atomic E-state index is 9.80. The van der Waals surface area contributed by atoms with Crippen molar-refractivity contribution < 1.29 is 9.84 Å². The Morgan fingerprint density at radius 2 is 1.76 bits per heavy atom. The molecule has 0 atom stereocenters. The molecule has 0 unspecified atom stereocenters. The summed E-state index contributed by atoms with van der Waals surface area (Å²) in [5.41, 5.74) is 1.73. The highest BCUT2D eigenvalue weighted by molar-refractivity contribution is 6.01. The molecular weight excluding hydrogens is 262 g/mol. The van der Waals surface area contributed by atoms with Gasteiger partial charge in [-0.15, -0.1) is 0 Å². The van der Waals surface area contributed by atoms with E-state index in [0.717, 1.165) is 27.8 Å². The first-order valence-electron chi connectivity index (χ1n) is 6.66. The Morgan fingerprint density at radius 1 is 1.00 bits per heavy atom. The van der Waals surface area contributed by atoms with Gasteiger partial charge in [0.1, 0.15) is 11.5 Å². The summed E-state index contributed by atoms with van der Waals surface area (Å²) in [4.78, 5) is 4.45. The fraction of sp³-hybridized carbons (Fsp3) is 0.0556. The number of phenols is 1. The van der Waals surface area contributed by atoms with Gasteiger partial charge in [0.05, 0.1) is 12.8 Å². The minimum Gasteiger partial charge on any atom is -0.508 e. The van der Waals surface area contributed by atoms with Crippen LogP contribution in [-0.2, 0) is 0 Å². The average Bonchev–Trinajstić information content (AvgIpc) is 2.53. The summed E-state index contributed by atoms with van der Waals surface area (Å²) in [5.74, 6) is 1.04. The van der Waals surface area contributed by atoms with Gasteiger partial charge in [-0.25, -0.2) is 0 Å². The molecule has 104 valence electrons. The van der Waals surface area contributed by atoms with E-state index in [1.165, 1.54) is 0 Å². The Kier molecular flexibility index (Phi) is 3.56. The highest BCUT2D eigenvalue weighted by atomic mass is 16.5. The summed E-state index contributed by atoms with van der Waals surface area (Å²) in [6, 6.07) is 18.9. The Bertz CT molecular complexity index is 792. The van der Waals surface area contributed by atoms with E-state index in [4.69, 9.17) is 4.74 Å². The van der Waals surface area contributed by atoms with E-state index < -0.39 is 0 Å². The number of hydrogen-bond donors (Lipinski definition) is 1. The molecule has 0 aliphatic carbocycles. The van der Waals surface area contributed by atoms with Crippen LogP contribution in [0.3, 0.4) is 0 Å². The number of rotatable bonds is 3. The van der Waals surface area contributed by atoms with Crippen molar-refractivity contribution in [2.75, 3.05) is 7.11 Å². The van der Waals surface area contributed by atoms with Crippen LogP contribution >= 0.6 is 0 Å². The summed E-state index contributed by atoms with van der Waals surface area (Å²) in [6.45, 7) is 0. The monoisotopic (exact) mass is 277 g/mol. The number of fused-ring (bicyclic) bond motifs is 1. The van der Waals surface area contributed by atoms with E-state index >= 15 is 0 Å². The standard InChI is InChI=1S/C18H15NO2/c1-21-17-8-6-15(7-9-17)19-12-14-11-16(20)10-13-4-2-3-5-18(13)14/h2-12,20H,1H3. The second-order valence-electron chi connectivity index (χ2n) is 4.71. The minimum atomic E-state index is 0.241. The van der Waals surface area contributed by atoms with E-state index in [1.54, 1.807) is 25.5 Å². The van der Waals surface area contributed by atoms with Crippen LogP contribution in [0.2, 0.25) is 0 Å². The van der Waals surface area contributed by atoms with E-state index in [2.05, 4.69) is 4.99 Å². The molecule has 3 aromatic rings. The molecule has 0 aromatic heterocycles. The molecule has 0 heterocycles. The predicted octanol–water partition coefficient (Wildman–Crippen LogP) is 4.30. The van der Waals surface area contributed by atoms with Gasteiger partial charge in [-0.1, -0.05) is 24.3 Å². The lowest BCUT2D eigenvalue weighted by Crippen LogP contribution is -1.85. The summed E-state index contributed by atoms with van der Waals surface area (Å²) >= 11 is 0. The highest BCUT2D eigenvalue weighted by Gasteiger charge is 2.01. The fourth-order valence-corrected chi connectivity index (χ4v) is 2.24. The molecule has 0 saturated heterocycles. The minimum absolute atomic E-state index is 0.241. The molecule has 0 aliphatic heterocycles. The zero-order valence-corrected chi connectivity index (χ0v) is 11.7. The number of methoxy groups -OCH3 is 1. The summed E-state index contributed by atoms with van der Waals surface area (Å²) < 4.78 is 5.12. The molecule has 0 bridgehead atoms. The van der Waals surface area contributed by atoms with Gasteiger partial charge < -0.3 is 9.84 Å². The maximum Gasteiger partial charge on any atom is 0.119 e. The third kappa shape index (κ3) is 2.87. The van der Waals surface area contributed by atoms with Crippen molar-refractivity contribution >= 4 is 22.7 Å². The number of nitrogens with zero attached hydrogens (tertiary/aromatic N) is 1. The van der Waals surface area contributed by atoms with Crippen LogP contribution in [-0.4, -0.2) is 18.4 Å². The van der Waals surface area contributed by atoms with Gasteiger partial charge in [-0.05, 0) is 47.2 Å². The maximum atomic E-state index is 9.80. The van der Waals surface area contributed by atoms with Crippen molar-refractivity contribution in [3.8, 4) is 11.5 Å². The number of ether oxygens (including phenoxy) is 1. The molecule has 0 saturated carbocycles. The average molecular weight is 277 g/mol. The van der Waals surface area contributed by atoms with Crippen LogP contribution < -0.4 is 4.74 Å². The Hall–Kier alpha value is -2.81. The molecule has 3 heteroatoms. The van der Waals surface area contributed by atoms with E-state index in [1.807, 2.05) is 48.5 Å². The zero-order valence-electron chi connectivity index (χ0n) is 11.7. The Morgan fingerprint density at radius 3 is 2.52 bits per heavy atom. The molecule has 3 rings (SSSR count). The summed E-state index contributed by atoms with van der Waals surface area (Å²) in [5, 5.41) is 11.9. The largest absolute Gasteiger partial charge is 0.508 e.